The number of halogens is 9. The summed E-state index contributed by atoms with van der Waals surface area (Å²) in [5, 5.41) is 8.49. The van der Waals surface area contributed by atoms with Gasteiger partial charge in [-0.3, -0.25) is 0 Å². The molecule has 0 aliphatic rings. The van der Waals surface area contributed by atoms with E-state index < -0.39 is 29.4 Å². The molecule has 0 aliphatic heterocycles. The smallest absolute Gasteiger partial charge is 0.206 e. The Bertz CT molecular complexity index is 933. The van der Waals surface area contributed by atoms with Crippen molar-refractivity contribution in [2.24, 2.45) is 0 Å². The van der Waals surface area contributed by atoms with Crippen LogP contribution in [-0.4, -0.2) is 18.0 Å². The lowest BCUT2D eigenvalue weighted by Crippen LogP contribution is -2.52. The Balaban J connectivity index is 3.19. The first-order chi connectivity index (χ1) is 13.3. The highest BCUT2D eigenvalue weighted by Gasteiger charge is 2.74. The second-order valence-electron chi connectivity index (χ2n) is 5.46. The second-order valence-corrected chi connectivity index (χ2v) is 5.87. The molecule has 0 unspecified atom stereocenters. The van der Waals surface area contributed by atoms with Crippen LogP contribution in [0.1, 0.15) is 12.5 Å². The standard InChI is InChI=1S/C19H10ClF8N/c1-12(8-9-14-15(20)6-3-7-16(14)21)4-2-5-13(10-11-29)17(22,23)18(24,25)19(26,27)28/h3-4,6-10H,1H3/b9-8+,12-4+,13-10+. The molecule has 0 atom stereocenters. The van der Waals surface area contributed by atoms with Gasteiger partial charge in [0.2, 0.25) is 0 Å². The number of hydrogen-bond acceptors (Lipinski definition) is 1. The normalized spacial score (nSPS) is 13.8. The zero-order valence-corrected chi connectivity index (χ0v) is 15.1. The van der Waals surface area contributed by atoms with Gasteiger partial charge in [-0.25, -0.2) is 4.39 Å². The fraction of sp³-hybridized carbons (Fsp3) is 0.211. The molecule has 1 aromatic rings. The molecule has 0 heterocycles. The van der Waals surface area contributed by atoms with Gasteiger partial charge in [-0.15, -0.1) is 0 Å². The Morgan fingerprint density at radius 2 is 1.69 bits per heavy atom. The zero-order valence-electron chi connectivity index (χ0n) is 14.4. The monoisotopic (exact) mass is 439 g/mol. The van der Waals surface area contributed by atoms with Crippen molar-refractivity contribution >= 4 is 17.7 Å². The number of rotatable bonds is 4. The predicted octanol–water partition coefficient (Wildman–Crippen LogP) is 6.72. The average Bonchev–Trinajstić information content (AvgIpc) is 2.59. The van der Waals surface area contributed by atoms with Gasteiger partial charge in [-0.2, -0.15) is 36.0 Å². The molecule has 10 heteroatoms. The van der Waals surface area contributed by atoms with E-state index >= 15 is 0 Å². The molecule has 0 N–H and O–H groups in total. The molecule has 1 aromatic carbocycles. The molecular formula is C19H10ClF8N. The van der Waals surface area contributed by atoms with Crippen molar-refractivity contribution in [2.45, 2.75) is 24.9 Å². The summed E-state index contributed by atoms with van der Waals surface area (Å²) in [4.78, 5) is 0. The van der Waals surface area contributed by atoms with Crippen molar-refractivity contribution in [3.8, 4) is 17.9 Å². The van der Waals surface area contributed by atoms with E-state index in [4.69, 9.17) is 16.9 Å². The minimum absolute atomic E-state index is 0.0105. The summed E-state index contributed by atoms with van der Waals surface area (Å²) in [5.41, 5.74) is -1.79. The summed E-state index contributed by atoms with van der Waals surface area (Å²) >= 11 is 5.80. The summed E-state index contributed by atoms with van der Waals surface area (Å²) in [5.74, 6) is -9.53. The van der Waals surface area contributed by atoms with Crippen LogP contribution in [0.4, 0.5) is 35.1 Å². The molecule has 154 valence electrons. The van der Waals surface area contributed by atoms with Crippen LogP contribution >= 0.6 is 11.6 Å². The van der Waals surface area contributed by atoms with Gasteiger partial charge in [-0.05, 0) is 30.7 Å². The summed E-state index contributed by atoms with van der Waals surface area (Å²) < 4.78 is 104. The lowest BCUT2D eigenvalue weighted by molar-refractivity contribution is -0.343. The van der Waals surface area contributed by atoms with Gasteiger partial charge >= 0.3 is 18.0 Å². The molecule has 1 nitrogen and oxygen atoms in total. The van der Waals surface area contributed by atoms with Crippen molar-refractivity contribution in [3.63, 3.8) is 0 Å². The number of allylic oxidation sites excluding steroid dienone is 5. The number of nitriles is 1. The maximum Gasteiger partial charge on any atom is 0.460 e. The van der Waals surface area contributed by atoms with E-state index in [2.05, 4.69) is 0 Å². The molecule has 0 radical (unpaired) electrons. The van der Waals surface area contributed by atoms with Crippen LogP contribution in [0.15, 0.2) is 47.6 Å². The van der Waals surface area contributed by atoms with Gasteiger partial charge in [-0.1, -0.05) is 41.7 Å². The number of alkyl halides is 7. The highest BCUT2D eigenvalue weighted by molar-refractivity contribution is 6.32. The minimum atomic E-state index is -6.56. The van der Waals surface area contributed by atoms with Crippen molar-refractivity contribution in [1.82, 2.24) is 0 Å². The van der Waals surface area contributed by atoms with Gasteiger partial charge in [0.15, 0.2) is 0 Å². The Kier molecular flexibility index (Phi) is 7.65. The molecule has 1 rings (SSSR count). The third-order valence-corrected chi connectivity index (χ3v) is 3.65. The quantitative estimate of drug-likeness (QED) is 0.221. The molecule has 0 spiro atoms. The van der Waals surface area contributed by atoms with Gasteiger partial charge < -0.3 is 0 Å². The molecule has 0 saturated carbocycles. The van der Waals surface area contributed by atoms with Crippen LogP contribution in [0.2, 0.25) is 5.02 Å². The minimum Gasteiger partial charge on any atom is -0.206 e. The van der Waals surface area contributed by atoms with Crippen molar-refractivity contribution < 1.29 is 35.1 Å². The van der Waals surface area contributed by atoms with Gasteiger partial charge in [0.25, 0.3) is 0 Å². The molecule has 0 saturated heterocycles. The number of nitrogens with zero attached hydrogens (tertiary/aromatic N) is 1. The molecular weight excluding hydrogens is 430 g/mol. The zero-order chi connectivity index (χ0) is 22.5. The highest BCUT2D eigenvalue weighted by Crippen LogP contribution is 2.49. The van der Waals surface area contributed by atoms with Crippen LogP contribution < -0.4 is 0 Å². The van der Waals surface area contributed by atoms with Gasteiger partial charge in [0, 0.05) is 11.6 Å². The van der Waals surface area contributed by atoms with E-state index in [-0.39, 0.29) is 22.2 Å². The van der Waals surface area contributed by atoms with Crippen LogP contribution in [-0.2, 0) is 0 Å². The van der Waals surface area contributed by atoms with Gasteiger partial charge in [0.05, 0.1) is 16.7 Å². The Labute approximate surface area is 165 Å². The first-order valence-corrected chi connectivity index (χ1v) is 7.86. The van der Waals surface area contributed by atoms with E-state index in [0.29, 0.717) is 0 Å². The number of benzene rings is 1. The molecule has 0 amide bonds. The molecule has 0 aromatic heterocycles. The van der Waals surface area contributed by atoms with Crippen LogP contribution in [0.25, 0.3) is 6.08 Å². The third kappa shape index (κ3) is 5.61. The molecule has 0 bridgehead atoms. The van der Waals surface area contributed by atoms with E-state index in [1.54, 1.807) is 0 Å². The summed E-state index contributed by atoms with van der Waals surface area (Å²) in [6.45, 7) is 1.37. The Morgan fingerprint density at radius 1 is 1.07 bits per heavy atom. The third-order valence-electron chi connectivity index (χ3n) is 3.32. The first-order valence-electron chi connectivity index (χ1n) is 7.48. The average molecular weight is 440 g/mol. The second kappa shape index (κ2) is 9.15. The van der Waals surface area contributed by atoms with Crippen LogP contribution in [0, 0.1) is 29.0 Å². The first kappa shape index (κ1) is 24.3. The van der Waals surface area contributed by atoms with E-state index in [9.17, 15) is 35.1 Å². The fourth-order valence-corrected chi connectivity index (χ4v) is 2.00. The Hall–Kier alpha value is -2.78. The lowest BCUT2D eigenvalue weighted by Gasteiger charge is -2.27. The Morgan fingerprint density at radius 3 is 2.21 bits per heavy atom. The maximum atomic E-state index is 13.6. The fourth-order valence-electron chi connectivity index (χ4n) is 1.78. The predicted molar refractivity (Wildman–Crippen MR) is 91.6 cm³/mol. The van der Waals surface area contributed by atoms with Crippen molar-refractivity contribution in [1.29, 1.82) is 5.26 Å². The largest absolute Gasteiger partial charge is 0.460 e. The summed E-state index contributed by atoms with van der Waals surface area (Å²) in [6.07, 6.45) is -3.36. The van der Waals surface area contributed by atoms with Crippen molar-refractivity contribution in [2.75, 3.05) is 0 Å². The van der Waals surface area contributed by atoms with E-state index in [1.165, 1.54) is 37.1 Å². The highest BCUT2D eigenvalue weighted by atomic mass is 35.5. The van der Waals surface area contributed by atoms with E-state index in [1.807, 2.05) is 5.92 Å². The van der Waals surface area contributed by atoms with Gasteiger partial charge in [0.1, 0.15) is 5.82 Å². The summed E-state index contributed by atoms with van der Waals surface area (Å²) in [7, 11) is 0. The maximum absolute atomic E-state index is 13.6. The number of hydrogen-bond donors (Lipinski definition) is 0. The van der Waals surface area contributed by atoms with Crippen LogP contribution in [0.5, 0.6) is 0 Å². The molecule has 0 fully saturated rings. The lowest BCUT2D eigenvalue weighted by atomic mass is 10.0. The van der Waals surface area contributed by atoms with Crippen LogP contribution in [0.3, 0.4) is 0 Å². The SMILES string of the molecule is CC(/C=C/c1c(F)cccc1Cl)=C\C#C/C(=C\C#N)C(F)(F)C(F)(F)C(F)(F)F. The topological polar surface area (TPSA) is 23.8 Å². The summed E-state index contributed by atoms with van der Waals surface area (Å²) in [6, 6.07) is 4.86. The van der Waals surface area contributed by atoms with Crippen molar-refractivity contribution in [3.05, 3.63) is 64.0 Å². The van der Waals surface area contributed by atoms with E-state index in [0.717, 1.165) is 18.2 Å². The molecule has 29 heavy (non-hydrogen) atoms. The molecule has 0 aliphatic carbocycles.